The minimum absolute atomic E-state index is 0.00719. The van der Waals surface area contributed by atoms with Gasteiger partial charge in [-0.2, -0.15) is 4.98 Å². The topological polar surface area (TPSA) is 56.1 Å². The second-order valence-corrected chi connectivity index (χ2v) is 6.28. The highest BCUT2D eigenvalue weighted by Crippen LogP contribution is 2.28. The van der Waals surface area contributed by atoms with Crippen LogP contribution in [0.3, 0.4) is 0 Å². The third kappa shape index (κ3) is 4.25. The molecule has 0 saturated carbocycles. The van der Waals surface area contributed by atoms with Gasteiger partial charge in [0, 0.05) is 6.07 Å². The number of rotatable bonds is 5. The second kappa shape index (κ2) is 7.75. The molecule has 0 saturated heterocycles. The minimum atomic E-state index is -0.692. The Labute approximate surface area is 159 Å². The van der Waals surface area contributed by atoms with Crippen molar-refractivity contribution in [2.75, 3.05) is 12.4 Å². The molecule has 8 heteroatoms. The molecule has 0 aliphatic heterocycles. The van der Waals surface area contributed by atoms with E-state index >= 15 is 0 Å². The van der Waals surface area contributed by atoms with E-state index in [1.165, 1.54) is 30.0 Å². The summed E-state index contributed by atoms with van der Waals surface area (Å²) in [6, 6.07) is 8.58. The highest BCUT2D eigenvalue weighted by Gasteiger charge is 2.13. The summed E-state index contributed by atoms with van der Waals surface area (Å²) < 4.78 is 33.6. The zero-order chi connectivity index (χ0) is 19.6. The molecule has 0 radical (unpaired) electrons. The van der Waals surface area contributed by atoms with Crippen LogP contribution in [0.4, 0.5) is 20.4 Å². The van der Waals surface area contributed by atoms with Gasteiger partial charge in [0.1, 0.15) is 11.6 Å². The van der Waals surface area contributed by atoms with Crippen LogP contribution >= 0.6 is 11.6 Å². The van der Waals surface area contributed by atoms with Crippen LogP contribution in [0.15, 0.2) is 47.4 Å². The van der Waals surface area contributed by atoms with Crippen molar-refractivity contribution >= 4 is 23.2 Å². The molecule has 0 atom stereocenters. The Kier molecular flexibility index (Phi) is 5.41. The number of halogens is 3. The average Bonchev–Trinajstić information content (AvgIpc) is 2.60. The van der Waals surface area contributed by atoms with Gasteiger partial charge in [0.2, 0.25) is 11.7 Å². The molecule has 0 spiro atoms. The zero-order valence-electron chi connectivity index (χ0n) is 14.6. The van der Waals surface area contributed by atoms with Crippen LogP contribution < -0.4 is 15.6 Å². The summed E-state index contributed by atoms with van der Waals surface area (Å²) in [5.41, 5.74) is 1.17. The highest BCUT2D eigenvalue weighted by molar-refractivity contribution is 6.34. The van der Waals surface area contributed by atoms with Crippen LogP contribution in [0.5, 0.6) is 5.75 Å². The zero-order valence-corrected chi connectivity index (χ0v) is 15.3. The minimum Gasteiger partial charge on any atom is -0.490 e. The molecular formula is C19H16ClF2N3O2. The number of nitrogens with one attached hydrogen (secondary N) is 1. The molecule has 27 heavy (non-hydrogen) atoms. The standard InChI is InChI=1S/C19H16ClF2N3O2/c1-11-4-3-5-15(17(11)20)23-19-24-18(26)16(27-2)10-25(19)9-12-6-13(21)8-14(22)7-12/h3-8,10H,9H2,1-2H3,(H,23,24,26). The third-order valence-electron chi connectivity index (χ3n) is 3.90. The number of anilines is 2. The second-order valence-electron chi connectivity index (χ2n) is 5.91. The van der Waals surface area contributed by atoms with Crippen LogP contribution in [-0.2, 0) is 6.54 Å². The van der Waals surface area contributed by atoms with Gasteiger partial charge in [-0.25, -0.2) is 8.78 Å². The van der Waals surface area contributed by atoms with Crippen molar-refractivity contribution in [3.63, 3.8) is 0 Å². The molecular weight excluding hydrogens is 376 g/mol. The van der Waals surface area contributed by atoms with Gasteiger partial charge in [0.05, 0.1) is 30.6 Å². The number of benzene rings is 2. The smallest absolute Gasteiger partial charge is 0.316 e. The number of aryl methyl sites for hydroxylation is 1. The first kappa shape index (κ1) is 18.8. The summed E-state index contributed by atoms with van der Waals surface area (Å²) in [5, 5.41) is 3.48. The molecule has 3 rings (SSSR count). The Morgan fingerprint density at radius 3 is 2.59 bits per heavy atom. The summed E-state index contributed by atoms with van der Waals surface area (Å²) in [5.74, 6) is -1.21. The highest BCUT2D eigenvalue weighted by atomic mass is 35.5. The first-order valence-corrected chi connectivity index (χ1v) is 8.37. The molecule has 140 valence electrons. The molecule has 1 N–H and O–H groups in total. The molecule has 3 aromatic rings. The summed E-state index contributed by atoms with van der Waals surface area (Å²) >= 11 is 6.29. The van der Waals surface area contributed by atoms with Crippen LogP contribution in [0.1, 0.15) is 11.1 Å². The summed E-state index contributed by atoms with van der Waals surface area (Å²) in [6.45, 7) is 1.90. The van der Waals surface area contributed by atoms with Crippen LogP contribution in [0, 0.1) is 18.6 Å². The number of methoxy groups -OCH3 is 1. The van der Waals surface area contributed by atoms with Crippen molar-refractivity contribution in [1.29, 1.82) is 0 Å². The van der Waals surface area contributed by atoms with E-state index in [9.17, 15) is 13.6 Å². The summed E-state index contributed by atoms with van der Waals surface area (Å²) in [6.07, 6.45) is 1.42. The van der Waals surface area contributed by atoms with Gasteiger partial charge in [-0.05, 0) is 36.2 Å². The predicted molar refractivity (Wildman–Crippen MR) is 100.0 cm³/mol. The number of hydrogen-bond donors (Lipinski definition) is 1. The lowest BCUT2D eigenvalue weighted by atomic mass is 10.2. The molecule has 0 aliphatic rings. The number of hydrogen-bond acceptors (Lipinski definition) is 4. The molecule has 1 aromatic heterocycles. The lowest BCUT2D eigenvalue weighted by Crippen LogP contribution is -2.19. The fraction of sp³-hybridized carbons (Fsp3) is 0.158. The van der Waals surface area contributed by atoms with E-state index in [1.54, 1.807) is 12.1 Å². The summed E-state index contributed by atoms with van der Waals surface area (Å²) in [4.78, 5) is 16.1. The maximum absolute atomic E-state index is 13.5. The predicted octanol–water partition coefficient (Wildman–Crippen LogP) is 4.28. The number of nitrogens with zero attached hydrogens (tertiary/aromatic N) is 2. The lowest BCUT2D eigenvalue weighted by Gasteiger charge is -2.16. The van der Waals surface area contributed by atoms with E-state index in [0.29, 0.717) is 16.3 Å². The van der Waals surface area contributed by atoms with Gasteiger partial charge in [0.15, 0.2) is 0 Å². The van der Waals surface area contributed by atoms with Gasteiger partial charge >= 0.3 is 5.56 Å². The van der Waals surface area contributed by atoms with Gasteiger partial charge in [-0.15, -0.1) is 0 Å². The Hall–Kier alpha value is -2.93. The van der Waals surface area contributed by atoms with Crippen molar-refractivity contribution in [2.24, 2.45) is 0 Å². The molecule has 0 bridgehead atoms. The molecule has 2 aromatic carbocycles. The van der Waals surface area contributed by atoms with Crippen LogP contribution in [0.2, 0.25) is 5.02 Å². The van der Waals surface area contributed by atoms with Gasteiger partial charge < -0.3 is 14.6 Å². The van der Waals surface area contributed by atoms with Crippen LogP contribution in [-0.4, -0.2) is 16.7 Å². The normalized spacial score (nSPS) is 10.7. The van der Waals surface area contributed by atoms with Gasteiger partial charge in [-0.1, -0.05) is 23.7 Å². The molecule has 5 nitrogen and oxygen atoms in total. The Bertz CT molecular complexity index is 1030. The monoisotopic (exact) mass is 391 g/mol. The molecule has 0 unspecified atom stereocenters. The molecule has 0 amide bonds. The third-order valence-corrected chi connectivity index (χ3v) is 4.40. The summed E-state index contributed by atoms with van der Waals surface area (Å²) in [7, 11) is 1.34. The SMILES string of the molecule is COc1cn(Cc2cc(F)cc(F)c2)c(Nc2cccc(C)c2Cl)nc1=O. The van der Waals surface area contributed by atoms with Gasteiger partial charge in [-0.3, -0.25) is 4.79 Å². The van der Waals surface area contributed by atoms with Gasteiger partial charge in [0.25, 0.3) is 0 Å². The van der Waals surface area contributed by atoms with E-state index in [-0.39, 0.29) is 18.2 Å². The van der Waals surface area contributed by atoms with E-state index in [2.05, 4.69) is 10.3 Å². The fourth-order valence-corrected chi connectivity index (χ4v) is 2.77. The largest absolute Gasteiger partial charge is 0.490 e. The Balaban J connectivity index is 2.05. The van der Waals surface area contributed by atoms with Crippen molar-refractivity contribution in [2.45, 2.75) is 13.5 Å². The van der Waals surface area contributed by atoms with Crippen molar-refractivity contribution in [1.82, 2.24) is 9.55 Å². The van der Waals surface area contributed by atoms with E-state index in [4.69, 9.17) is 16.3 Å². The lowest BCUT2D eigenvalue weighted by molar-refractivity contribution is 0.402. The maximum atomic E-state index is 13.5. The van der Waals surface area contributed by atoms with Crippen molar-refractivity contribution in [3.8, 4) is 5.75 Å². The average molecular weight is 392 g/mol. The number of aromatic nitrogens is 2. The number of ether oxygens (including phenoxy) is 1. The Morgan fingerprint density at radius 1 is 1.22 bits per heavy atom. The first-order valence-electron chi connectivity index (χ1n) is 8.00. The quantitative estimate of drug-likeness (QED) is 0.705. The first-order chi connectivity index (χ1) is 12.9. The van der Waals surface area contributed by atoms with Crippen LogP contribution in [0.25, 0.3) is 0 Å². The maximum Gasteiger partial charge on any atom is 0.316 e. The molecule has 0 fully saturated rings. The Morgan fingerprint density at radius 2 is 1.93 bits per heavy atom. The molecule has 1 heterocycles. The fourth-order valence-electron chi connectivity index (χ4n) is 2.60. The van der Waals surface area contributed by atoms with E-state index in [0.717, 1.165) is 11.6 Å². The van der Waals surface area contributed by atoms with E-state index < -0.39 is 17.2 Å². The van der Waals surface area contributed by atoms with Crippen molar-refractivity contribution < 1.29 is 13.5 Å². The molecule has 0 aliphatic carbocycles. The van der Waals surface area contributed by atoms with Crippen molar-refractivity contribution in [3.05, 3.63) is 80.7 Å². The van der Waals surface area contributed by atoms with E-state index in [1.807, 2.05) is 13.0 Å².